The van der Waals surface area contributed by atoms with Gasteiger partial charge in [-0.3, -0.25) is 9.69 Å². The van der Waals surface area contributed by atoms with Gasteiger partial charge in [0.2, 0.25) is 0 Å². The van der Waals surface area contributed by atoms with Gasteiger partial charge in [-0.25, -0.2) is 0 Å². The van der Waals surface area contributed by atoms with Gasteiger partial charge >= 0.3 is 0 Å². The van der Waals surface area contributed by atoms with Crippen LogP contribution in [0.1, 0.15) is 37.3 Å². The Labute approximate surface area is 136 Å². The van der Waals surface area contributed by atoms with Crippen molar-refractivity contribution < 1.29 is 14.3 Å². The molecule has 6 unspecified atom stereocenters. The molecule has 23 heavy (non-hydrogen) atoms. The number of carbonyl (C=O) groups is 1. The molecule has 0 amide bonds. The highest BCUT2D eigenvalue weighted by Crippen LogP contribution is 2.73. The lowest BCUT2D eigenvalue weighted by molar-refractivity contribution is -0.116. The Hall–Kier alpha value is -1.55. The molecule has 1 aromatic rings. The molecule has 4 aliphatic rings. The molecule has 1 saturated carbocycles. The normalized spacial score (nSPS) is 44.3. The van der Waals surface area contributed by atoms with Crippen LogP contribution in [0, 0.1) is 5.92 Å². The van der Waals surface area contributed by atoms with Crippen LogP contribution in [0.25, 0.3) is 0 Å². The molecular formula is C19H23NO3. The molecule has 4 nitrogen and oxygen atoms in total. The van der Waals surface area contributed by atoms with Crippen molar-refractivity contribution in [3.63, 3.8) is 0 Å². The maximum absolute atomic E-state index is 11.9. The summed E-state index contributed by atoms with van der Waals surface area (Å²) in [4.78, 5) is 14.5. The fourth-order valence-corrected chi connectivity index (χ4v) is 6.34. The minimum atomic E-state index is -0.359. The van der Waals surface area contributed by atoms with Crippen LogP contribution in [0.4, 0.5) is 0 Å². The SMILES string of the molecule is CCCC1C2N(C)C23Cc2ccc(OC)c4c2C1(C3)C(C=O)O4. The molecular weight excluding hydrogens is 290 g/mol. The first kappa shape index (κ1) is 13.8. The second-order valence-electron chi connectivity index (χ2n) is 7.75. The zero-order valence-corrected chi connectivity index (χ0v) is 14.0. The number of benzene rings is 1. The van der Waals surface area contributed by atoms with E-state index in [-0.39, 0.29) is 17.1 Å². The van der Waals surface area contributed by atoms with Crippen molar-refractivity contribution >= 4 is 6.29 Å². The van der Waals surface area contributed by atoms with E-state index in [1.165, 1.54) is 11.1 Å². The van der Waals surface area contributed by atoms with Crippen LogP contribution in [0.2, 0.25) is 0 Å². The van der Waals surface area contributed by atoms with Gasteiger partial charge in [0, 0.05) is 22.6 Å². The molecule has 2 fully saturated rings. The van der Waals surface area contributed by atoms with Crippen LogP contribution in [0.3, 0.4) is 0 Å². The summed E-state index contributed by atoms with van der Waals surface area (Å²) >= 11 is 0. The van der Waals surface area contributed by atoms with Crippen LogP contribution >= 0.6 is 0 Å². The summed E-state index contributed by atoms with van der Waals surface area (Å²) in [7, 11) is 3.93. The van der Waals surface area contributed by atoms with Crippen molar-refractivity contribution in [2.75, 3.05) is 14.2 Å². The third-order valence-electron chi connectivity index (χ3n) is 7.11. The molecule has 1 saturated heterocycles. The monoisotopic (exact) mass is 313 g/mol. The van der Waals surface area contributed by atoms with E-state index >= 15 is 0 Å². The summed E-state index contributed by atoms with van der Waals surface area (Å²) in [6.07, 6.45) is 5.12. The van der Waals surface area contributed by atoms with Crippen molar-refractivity contribution in [3.05, 3.63) is 23.3 Å². The Bertz CT molecular complexity index is 717. The molecule has 0 radical (unpaired) electrons. The smallest absolute Gasteiger partial charge is 0.166 e. The van der Waals surface area contributed by atoms with Crippen LogP contribution in [-0.2, 0) is 16.6 Å². The van der Waals surface area contributed by atoms with E-state index in [1.807, 2.05) is 6.07 Å². The quantitative estimate of drug-likeness (QED) is 0.632. The zero-order chi connectivity index (χ0) is 16.0. The van der Waals surface area contributed by atoms with Crippen molar-refractivity contribution in [1.82, 2.24) is 4.90 Å². The van der Waals surface area contributed by atoms with Crippen LogP contribution in [0.15, 0.2) is 12.1 Å². The number of rotatable bonds is 4. The molecule has 0 N–H and O–H groups in total. The predicted octanol–water partition coefficient (Wildman–Crippen LogP) is 2.32. The largest absolute Gasteiger partial charge is 0.493 e. The minimum Gasteiger partial charge on any atom is -0.493 e. The summed E-state index contributed by atoms with van der Waals surface area (Å²) in [6.45, 7) is 2.24. The number of piperidine rings is 1. The topological polar surface area (TPSA) is 38.5 Å². The van der Waals surface area contributed by atoms with Gasteiger partial charge in [0.15, 0.2) is 23.9 Å². The van der Waals surface area contributed by atoms with Crippen molar-refractivity contribution in [3.8, 4) is 11.5 Å². The van der Waals surface area contributed by atoms with Gasteiger partial charge in [0.25, 0.3) is 0 Å². The first-order valence-corrected chi connectivity index (χ1v) is 8.69. The molecule has 1 aromatic carbocycles. The van der Waals surface area contributed by atoms with Crippen LogP contribution in [-0.4, -0.2) is 43.0 Å². The molecule has 2 bridgehead atoms. The number of methoxy groups -OCH3 is 1. The van der Waals surface area contributed by atoms with E-state index in [1.54, 1.807) is 7.11 Å². The summed E-state index contributed by atoms with van der Waals surface area (Å²) in [5, 5.41) is 0. The van der Waals surface area contributed by atoms with Gasteiger partial charge in [-0.15, -0.1) is 0 Å². The predicted molar refractivity (Wildman–Crippen MR) is 86.2 cm³/mol. The number of hydrogen-bond donors (Lipinski definition) is 0. The number of aldehydes is 1. The Morgan fingerprint density at radius 2 is 2.30 bits per heavy atom. The molecule has 6 atom stereocenters. The Kier molecular flexibility index (Phi) is 2.47. The summed E-state index contributed by atoms with van der Waals surface area (Å²) in [6, 6.07) is 4.79. The van der Waals surface area contributed by atoms with Crippen LogP contribution in [0.5, 0.6) is 11.5 Å². The summed E-state index contributed by atoms with van der Waals surface area (Å²) in [5.74, 6) is 2.11. The fraction of sp³-hybridized carbons (Fsp3) is 0.632. The van der Waals surface area contributed by atoms with Gasteiger partial charge in [-0.1, -0.05) is 19.4 Å². The van der Waals surface area contributed by atoms with Crippen LogP contribution < -0.4 is 9.47 Å². The Morgan fingerprint density at radius 3 is 3.00 bits per heavy atom. The average molecular weight is 313 g/mol. The highest BCUT2D eigenvalue weighted by molar-refractivity contribution is 5.73. The first-order chi connectivity index (χ1) is 11.1. The second-order valence-corrected chi connectivity index (χ2v) is 7.75. The Morgan fingerprint density at radius 1 is 1.48 bits per heavy atom. The van der Waals surface area contributed by atoms with Gasteiger partial charge < -0.3 is 9.47 Å². The van der Waals surface area contributed by atoms with Crippen molar-refractivity contribution in [2.45, 2.75) is 55.7 Å². The lowest BCUT2D eigenvalue weighted by Gasteiger charge is -2.41. The highest BCUT2D eigenvalue weighted by Gasteiger charge is 2.80. The second kappa shape index (κ2) is 4.10. The van der Waals surface area contributed by atoms with Crippen molar-refractivity contribution in [2.24, 2.45) is 5.92 Å². The van der Waals surface area contributed by atoms with E-state index in [4.69, 9.17) is 9.47 Å². The lowest BCUT2D eigenvalue weighted by atomic mass is 9.63. The number of likely N-dealkylation sites (tertiary alicyclic amines) is 1. The number of hydrogen-bond acceptors (Lipinski definition) is 4. The number of carbonyl (C=O) groups excluding carboxylic acids is 1. The zero-order valence-electron chi connectivity index (χ0n) is 14.0. The highest BCUT2D eigenvalue weighted by atomic mass is 16.5. The number of nitrogens with zero attached hydrogens (tertiary/aromatic N) is 1. The first-order valence-electron chi connectivity index (χ1n) is 8.69. The molecule has 122 valence electrons. The van der Waals surface area contributed by atoms with Gasteiger partial charge in [-0.05, 0) is 43.9 Å². The van der Waals surface area contributed by atoms with Crippen molar-refractivity contribution in [1.29, 1.82) is 0 Å². The Balaban J connectivity index is 1.78. The fourth-order valence-electron chi connectivity index (χ4n) is 6.34. The maximum atomic E-state index is 11.9. The van der Waals surface area contributed by atoms with Gasteiger partial charge in [0.05, 0.1) is 7.11 Å². The third-order valence-corrected chi connectivity index (χ3v) is 7.11. The number of ether oxygens (including phenoxy) is 2. The average Bonchev–Trinajstić information content (AvgIpc) is 2.87. The molecule has 5 rings (SSSR count). The molecule has 2 aliphatic carbocycles. The standard InChI is InChI=1S/C19H23NO3/c1-4-5-12-17-18(20(17)2)8-11-6-7-13(22-3)16-15(11)19(12,10-18)14(9-21)23-16/h6-7,9,12,14,17H,4-5,8,10H2,1-3H3. The van der Waals surface area contributed by atoms with E-state index in [0.29, 0.717) is 12.0 Å². The van der Waals surface area contributed by atoms with E-state index in [2.05, 4.69) is 24.9 Å². The van der Waals surface area contributed by atoms with E-state index in [9.17, 15) is 4.79 Å². The van der Waals surface area contributed by atoms with Gasteiger partial charge in [0.1, 0.15) is 0 Å². The minimum absolute atomic E-state index is 0.133. The molecule has 2 aliphatic heterocycles. The molecule has 4 heteroatoms. The number of likely N-dealkylation sites (N-methyl/N-ethyl adjacent to an activating group) is 1. The molecule has 0 aromatic heterocycles. The molecule has 2 heterocycles. The lowest BCUT2D eigenvalue weighted by Crippen LogP contribution is -2.49. The summed E-state index contributed by atoms with van der Waals surface area (Å²) < 4.78 is 11.7. The maximum Gasteiger partial charge on any atom is 0.166 e. The molecule has 2 spiro atoms. The van der Waals surface area contributed by atoms with Gasteiger partial charge in [-0.2, -0.15) is 0 Å². The van der Waals surface area contributed by atoms with E-state index in [0.717, 1.165) is 43.5 Å². The van der Waals surface area contributed by atoms with E-state index < -0.39 is 0 Å². The summed E-state index contributed by atoms with van der Waals surface area (Å²) in [5.41, 5.74) is 2.78. The third kappa shape index (κ3) is 1.29.